The zero-order chi connectivity index (χ0) is 20.1. The Morgan fingerprint density at radius 3 is 2.46 bits per heavy atom. The van der Waals surface area contributed by atoms with Crippen molar-refractivity contribution in [2.45, 2.75) is 39.8 Å². The highest BCUT2D eigenvalue weighted by Crippen LogP contribution is 2.24. The number of amides is 1. The van der Waals surface area contributed by atoms with Gasteiger partial charge in [0.2, 0.25) is 0 Å². The van der Waals surface area contributed by atoms with E-state index in [1.165, 1.54) is 0 Å². The highest BCUT2D eigenvalue weighted by Gasteiger charge is 2.24. The minimum absolute atomic E-state index is 0.0919. The molecule has 0 aliphatic heterocycles. The lowest BCUT2D eigenvalue weighted by molar-refractivity contribution is 0.0545. The van der Waals surface area contributed by atoms with Gasteiger partial charge in [0.1, 0.15) is 5.76 Å². The molecule has 3 aromatic rings. The second-order valence-corrected chi connectivity index (χ2v) is 6.98. The number of carbonyl (C=O) groups is 1. The van der Waals surface area contributed by atoms with E-state index in [0.717, 1.165) is 22.5 Å². The molecule has 2 heterocycles. The molecule has 0 aliphatic rings. The fourth-order valence-electron chi connectivity index (χ4n) is 3.38. The van der Waals surface area contributed by atoms with Crippen molar-refractivity contribution in [3.05, 3.63) is 77.5 Å². The second-order valence-electron chi connectivity index (χ2n) is 6.98. The second kappa shape index (κ2) is 8.85. The molecule has 0 aliphatic carbocycles. The number of aliphatic hydroxyl groups excluding tert-OH is 1. The molecule has 0 radical (unpaired) electrons. The topological polar surface area (TPSA) is 66.6 Å². The first-order chi connectivity index (χ1) is 13.5. The Balaban J connectivity index is 1.94. The van der Waals surface area contributed by atoms with E-state index in [1.54, 1.807) is 17.2 Å². The molecule has 146 valence electrons. The maximum absolute atomic E-state index is 13.3. The fourth-order valence-corrected chi connectivity index (χ4v) is 3.38. The maximum atomic E-state index is 13.3. The summed E-state index contributed by atoms with van der Waals surface area (Å²) in [5.41, 5.74) is 4.47. The van der Waals surface area contributed by atoms with Gasteiger partial charge in [0.05, 0.1) is 25.5 Å². The van der Waals surface area contributed by atoms with Crippen LogP contribution in [0.4, 0.5) is 0 Å². The normalized spacial score (nSPS) is 12.0. The van der Waals surface area contributed by atoms with E-state index in [2.05, 4.69) is 4.98 Å². The molecule has 5 heteroatoms. The molecule has 1 N–H and O–H groups in total. The van der Waals surface area contributed by atoms with Gasteiger partial charge < -0.3 is 14.4 Å². The summed E-state index contributed by atoms with van der Waals surface area (Å²) in [7, 11) is 0. The Morgan fingerprint density at radius 1 is 1.11 bits per heavy atom. The summed E-state index contributed by atoms with van der Waals surface area (Å²) < 4.78 is 5.43. The van der Waals surface area contributed by atoms with Crippen LogP contribution in [-0.4, -0.2) is 33.5 Å². The third-order valence-corrected chi connectivity index (χ3v) is 4.81. The van der Waals surface area contributed by atoms with Crippen LogP contribution >= 0.6 is 0 Å². The molecule has 5 nitrogen and oxygen atoms in total. The van der Waals surface area contributed by atoms with Gasteiger partial charge in [-0.05, 0) is 67.8 Å². The molecule has 2 aromatic heterocycles. The number of aliphatic hydroxyl groups is 1. The number of nitrogens with zero attached hydrogens (tertiary/aromatic N) is 2. The van der Waals surface area contributed by atoms with Crippen LogP contribution in [0, 0.1) is 13.8 Å². The largest absolute Gasteiger partial charge is 0.467 e. The smallest absolute Gasteiger partial charge is 0.254 e. The van der Waals surface area contributed by atoms with Crippen LogP contribution in [0.3, 0.4) is 0 Å². The van der Waals surface area contributed by atoms with E-state index in [-0.39, 0.29) is 18.6 Å². The van der Waals surface area contributed by atoms with Crippen LogP contribution in [0.5, 0.6) is 0 Å². The number of carbonyl (C=O) groups excluding carboxylic acids is 1. The minimum atomic E-state index is -0.272. The predicted octanol–water partition coefficient (Wildman–Crippen LogP) is 4.37. The van der Waals surface area contributed by atoms with Gasteiger partial charge >= 0.3 is 0 Å². The van der Waals surface area contributed by atoms with E-state index < -0.39 is 0 Å². The minimum Gasteiger partial charge on any atom is -0.467 e. The van der Waals surface area contributed by atoms with E-state index in [4.69, 9.17) is 4.42 Å². The maximum Gasteiger partial charge on any atom is 0.254 e. The van der Waals surface area contributed by atoms with E-state index in [0.29, 0.717) is 24.3 Å². The fraction of sp³-hybridized carbons (Fsp3) is 0.304. The summed E-state index contributed by atoms with van der Waals surface area (Å²) >= 11 is 0. The van der Waals surface area contributed by atoms with Gasteiger partial charge in [-0.25, -0.2) is 0 Å². The summed E-state index contributed by atoms with van der Waals surface area (Å²) in [6.45, 7) is 6.11. The monoisotopic (exact) mass is 378 g/mol. The molecule has 1 aromatic carbocycles. The highest BCUT2D eigenvalue weighted by atomic mass is 16.3. The van der Waals surface area contributed by atoms with Crippen molar-refractivity contribution < 1.29 is 14.3 Å². The molecular weight excluding hydrogens is 352 g/mol. The van der Waals surface area contributed by atoms with Gasteiger partial charge in [0.15, 0.2) is 0 Å². The molecule has 1 unspecified atom stereocenters. The Morgan fingerprint density at radius 2 is 1.86 bits per heavy atom. The molecule has 0 saturated heterocycles. The molecular formula is C23H26N2O3. The van der Waals surface area contributed by atoms with Crippen molar-refractivity contribution in [2.75, 3.05) is 6.61 Å². The SMILES string of the molecule is CCC(CO)N(Cc1ccco1)C(=O)c1cccc(-c2cc(C)nc(C)c2)c1. The molecule has 0 spiro atoms. The van der Waals surface area contributed by atoms with Crippen LogP contribution in [-0.2, 0) is 6.54 Å². The third kappa shape index (κ3) is 4.49. The summed E-state index contributed by atoms with van der Waals surface area (Å²) in [6.07, 6.45) is 2.25. The molecule has 28 heavy (non-hydrogen) atoms. The number of aryl methyl sites for hydroxylation is 2. The molecule has 0 bridgehead atoms. The Bertz CT molecular complexity index is 911. The zero-order valence-corrected chi connectivity index (χ0v) is 16.6. The summed E-state index contributed by atoms with van der Waals surface area (Å²) in [5.74, 6) is 0.568. The average molecular weight is 378 g/mol. The lowest BCUT2D eigenvalue weighted by Crippen LogP contribution is -2.41. The van der Waals surface area contributed by atoms with Crippen molar-refractivity contribution in [3.63, 3.8) is 0 Å². The van der Waals surface area contributed by atoms with Gasteiger partial charge in [0, 0.05) is 17.0 Å². The Kier molecular flexibility index (Phi) is 6.26. The third-order valence-electron chi connectivity index (χ3n) is 4.81. The highest BCUT2D eigenvalue weighted by molar-refractivity contribution is 5.95. The van der Waals surface area contributed by atoms with E-state index in [1.807, 2.05) is 63.2 Å². The number of hydrogen-bond donors (Lipinski definition) is 1. The van der Waals surface area contributed by atoms with Crippen LogP contribution in [0.15, 0.2) is 59.2 Å². The standard InChI is InChI=1S/C23H26N2O3/c1-4-21(15-26)25(14-22-9-6-10-28-22)23(27)19-8-5-7-18(13-19)20-11-16(2)24-17(3)12-20/h5-13,21,26H,4,14-15H2,1-3H3. The lowest BCUT2D eigenvalue weighted by atomic mass is 10.0. The van der Waals surface area contributed by atoms with Crippen LogP contribution in [0.1, 0.15) is 40.9 Å². The first kappa shape index (κ1) is 19.8. The first-order valence-electron chi connectivity index (χ1n) is 9.51. The molecule has 1 atom stereocenters. The van der Waals surface area contributed by atoms with Crippen LogP contribution in [0.2, 0.25) is 0 Å². The van der Waals surface area contributed by atoms with Gasteiger partial charge in [-0.1, -0.05) is 19.1 Å². The summed E-state index contributed by atoms with van der Waals surface area (Å²) in [6, 6.07) is 15.0. The van der Waals surface area contributed by atoms with Crippen molar-refractivity contribution >= 4 is 5.91 Å². The Hall–Kier alpha value is -2.92. The number of hydrogen-bond acceptors (Lipinski definition) is 4. The lowest BCUT2D eigenvalue weighted by Gasteiger charge is -2.29. The Labute approximate surface area is 165 Å². The predicted molar refractivity (Wildman–Crippen MR) is 109 cm³/mol. The van der Waals surface area contributed by atoms with Crippen molar-refractivity contribution in [2.24, 2.45) is 0 Å². The molecule has 1 amide bonds. The van der Waals surface area contributed by atoms with Crippen LogP contribution < -0.4 is 0 Å². The molecule has 3 rings (SSSR count). The van der Waals surface area contributed by atoms with Gasteiger partial charge in [-0.3, -0.25) is 9.78 Å². The van der Waals surface area contributed by atoms with Gasteiger partial charge in [-0.15, -0.1) is 0 Å². The van der Waals surface area contributed by atoms with Gasteiger partial charge in [0.25, 0.3) is 5.91 Å². The van der Waals surface area contributed by atoms with Crippen LogP contribution in [0.25, 0.3) is 11.1 Å². The van der Waals surface area contributed by atoms with Crippen molar-refractivity contribution in [1.82, 2.24) is 9.88 Å². The number of rotatable bonds is 7. The van der Waals surface area contributed by atoms with E-state index in [9.17, 15) is 9.90 Å². The number of pyridine rings is 1. The number of benzene rings is 1. The zero-order valence-electron chi connectivity index (χ0n) is 16.6. The van der Waals surface area contributed by atoms with Crippen molar-refractivity contribution in [1.29, 1.82) is 0 Å². The quantitative estimate of drug-likeness (QED) is 0.663. The van der Waals surface area contributed by atoms with Crippen molar-refractivity contribution in [3.8, 4) is 11.1 Å². The number of furan rings is 1. The molecule has 0 saturated carbocycles. The summed E-state index contributed by atoms with van der Waals surface area (Å²) in [4.78, 5) is 19.4. The first-order valence-corrected chi connectivity index (χ1v) is 9.51. The average Bonchev–Trinajstić information content (AvgIpc) is 3.20. The molecule has 0 fully saturated rings. The number of aromatic nitrogens is 1. The summed E-state index contributed by atoms with van der Waals surface area (Å²) in [5, 5.41) is 9.78. The van der Waals surface area contributed by atoms with E-state index >= 15 is 0 Å². The van der Waals surface area contributed by atoms with Gasteiger partial charge in [-0.2, -0.15) is 0 Å².